The number of rotatable bonds is 14. The number of carboxylic acids is 1. The van der Waals surface area contributed by atoms with Crippen molar-refractivity contribution in [3.05, 3.63) is 78.4 Å². The van der Waals surface area contributed by atoms with Crippen LogP contribution in [0.4, 0.5) is 0 Å². The van der Waals surface area contributed by atoms with E-state index >= 15 is 0 Å². The van der Waals surface area contributed by atoms with Gasteiger partial charge in [-0.05, 0) is 61.0 Å². The summed E-state index contributed by atoms with van der Waals surface area (Å²) in [4.78, 5) is 11.1. The van der Waals surface area contributed by atoms with Crippen LogP contribution in [0.15, 0.2) is 72.8 Å². The minimum atomic E-state index is -0.978. The van der Waals surface area contributed by atoms with Gasteiger partial charge >= 0.3 is 5.97 Å². The molecule has 1 atom stereocenters. The Kier molecular flexibility index (Phi) is 9.61. The van der Waals surface area contributed by atoms with Gasteiger partial charge in [0.1, 0.15) is 17.2 Å². The molecule has 0 aliphatic rings. The summed E-state index contributed by atoms with van der Waals surface area (Å²) in [6, 6.07) is 22.3. The molecular formula is C27H30O7. The highest BCUT2D eigenvalue weighted by atomic mass is 16.5. The average molecular weight is 467 g/mol. The fourth-order valence-corrected chi connectivity index (χ4v) is 3.19. The van der Waals surface area contributed by atoms with Crippen molar-refractivity contribution < 1.29 is 33.6 Å². The molecule has 1 N–H and O–H groups in total. The number of methoxy groups -OCH3 is 1. The number of hydrogen-bond acceptors (Lipinski definition) is 6. The van der Waals surface area contributed by atoms with E-state index in [1.807, 2.05) is 79.7 Å². The summed E-state index contributed by atoms with van der Waals surface area (Å²) in [5, 5.41) is 9.08. The van der Waals surface area contributed by atoms with Gasteiger partial charge in [-0.25, -0.2) is 4.79 Å². The van der Waals surface area contributed by atoms with Crippen molar-refractivity contribution in [2.24, 2.45) is 0 Å². The topological polar surface area (TPSA) is 83.5 Å². The second-order valence-electron chi connectivity index (χ2n) is 7.41. The van der Waals surface area contributed by atoms with Gasteiger partial charge in [0.25, 0.3) is 0 Å². The van der Waals surface area contributed by atoms with Crippen molar-refractivity contribution >= 4 is 5.97 Å². The van der Waals surface area contributed by atoms with E-state index in [0.717, 1.165) is 11.3 Å². The third-order valence-corrected chi connectivity index (χ3v) is 4.93. The van der Waals surface area contributed by atoms with Crippen LogP contribution in [0.1, 0.15) is 18.9 Å². The molecule has 7 heteroatoms. The van der Waals surface area contributed by atoms with E-state index in [1.54, 1.807) is 0 Å². The van der Waals surface area contributed by atoms with Crippen LogP contribution >= 0.6 is 0 Å². The molecule has 0 spiro atoms. The summed E-state index contributed by atoms with van der Waals surface area (Å²) < 4.78 is 28.1. The molecule has 0 heterocycles. The molecule has 0 aliphatic heterocycles. The van der Waals surface area contributed by atoms with Crippen LogP contribution in [0.2, 0.25) is 0 Å². The van der Waals surface area contributed by atoms with E-state index in [2.05, 4.69) is 0 Å². The Labute approximate surface area is 199 Å². The minimum absolute atomic E-state index is 0.304. The molecule has 3 rings (SSSR count). The van der Waals surface area contributed by atoms with Gasteiger partial charge in [-0.1, -0.05) is 24.3 Å². The van der Waals surface area contributed by atoms with Gasteiger partial charge in [0.15, 0.2) is 17.6 Å². The molecule has 3 aromatic rings. The Bertz CT molecular complexity index is 1020. The molecular weight excluding hydrogens is 436 g/mol. The number of ether oxygens (including phenoxy) is 5. The maximum Gasteiger partial charge on any atom is 0.333 e. The number of aliphatic carboxylic acids is 1. The van der Waals surface area contributed by atoms with Gasteiger partial charge in [0, 0.05) is 20.0 Å². The summed E-state index contributed by atoms with van der Waals surface area (Å²) in [6.45, 7) is 3.52. The van der Waals surface area contributed by atoms with E-state index in [1.165, 1.54) is 7.11 Å². The van der Waals surface area contributed by atoms with Crippen LogP contribution in [0.5, 0.6) is 28.7 Å². The third-order valence-electron chi connectivity index (χ3n) is 4.93. The van der Waals surface area contributed by atoms with E-state index in [4.69, 9.17) is 28.8 Å². The number of carboxylic acid groups (broad SMARTS) is 1. The second-order valence-corrected chi connectivity index (χ2v) is 7.41. The van der Waals surface area contributed by atoms with Crippen molar-refractivity contribution in [3.63, 3.8) is 0 Å². The van der Waals surface area contributed by atoms with Crippen molar-refractivity contribution in [2.75, 3.05) is 26.9 Å². The van der Waals surface area contributed by atoms with Gasteiger partial charge in [0.05, 0.1) is 19.8 Å². The van der Waals surface area contributed by atoms with Crippen LogP contribution in [0.25, 0.3) is 0 Å². The molecule has 0 aliphatic carbocycles. The molecule has 180 valence electrons. The van der Waals surface area contributed by atoms with Crippen molar-refractivity contribution in [1.82, 2.24) is 0 Å². The first kappa shape index (κ1) is 24.9. The minimum Gasteiger partial charge on any atom is -0.494 e. The first-order chi connectivity index (χ1) is 16.6. The monoisotopic (exact) mass is 466 g/mol. The highest BCUT2D eigenvalue weighted by Crippen LogP contribution is 2.32. The van der Waals surface area contributed by atoms with Crippen molar-refractivity contribution in [2.45, 2.75) is 25.9 Å². The lowest BCUT2D eigenvalue weighted by Crippen LogP contribution is -2.24. The zero-order chi connectivity index (χ0) is 24.2. The fraction of sp³-hybridized carbons (Fsp3) is 0.296. The standard InChI is InChI=1S/C27H30O7/c1-3-31-21-13-15-23(16-14-21)34-25-8-5-4-7-24(25)33-18-6-17-32-22-11-9-20(10-12-22)19-26(30-2)27(28)29/h4-5,7-16,26H,3,6,17-19H2,1-2H3,(H,28,29)/t26-/m0/s1. The average Bonchev–Trinajstić information content (AvgIpc) is 2.85. The fourth-order valence-electron chi connectivity index (χ4n) is 3.19. The molecule has 0 radical (unpaired) electrons. The van der Waals surface area contributed by atoms with Gasteiger partial charge in [-0.15, -0.1) is 0 Å². The zero-order valence-electron chi connectivity index (χ0n) is 19.4. The Hall–Kier alpha value is -3.71. The third kappa shape index (κ3) is 7.71. The highest BCUT2D eigenvalue weighted by Gasteiger charge is 2.16. The summed E-state index contributed by atoms with van der Waals surface area (Å²) in [5.74, 6) is 2.53. The van der Waals surface area contributed by atoms with E-state index in [0.29, 0.717) is 55.7 Å². The molecule has 0 amide bonds. The quantitative estimate of drug-likeness (QED) is 0.320. The lowest BCUT2D eigenvalue weighted by atomic mass is 10.1. The predicted molar refractivity (Wildman–Crippen MR) is 128 cm³/mol. The number of para-hydroxylation sites is 2. The summed E-state index contributed by atoms with van der Waals surface area (Å²) in [7, 11) is 1.39. The highest BCUT2D eigenvalue weighted by molar-refractivity contribution is 5.72. The van der Waals surface area contributed by atoms with E-state index in [9.17, 15) is 4.79 Å². The van der Waals surface area contributed by atoms with Crippen LogP contribution in [0.3, 0.4) is 0 Å². The zero-order valence-corrected chi connectivity index (χ0v) is 19.4. The molecule has 0 unspecified atom stereocenters. The molecule has 0 saturated carbocycles. The van der Waals surface area contributed by atoms with Gasteiger partial charge < -0.3 is 28.8 Å². The lowest BCUT2D eigenvalue weighted by molar-refractivity contribution is -0.148. The number of benzene rings is 3. The summed E-state index contributed by atoms with van der Waals surface area (Å²) in [6.07, 6.45) is 0.132. The van der Waals surface area contributed by atoms with E-state index < -0.39 is 12.1 Å². The molecule has 0 bridgehead atoms. The lowest BCUT2D eigenvalue weighted by Gasteiger charge is -2.13. The molecule has 0 saturated heterocycles. The van der Waals surface area contributed by atoms with Crippen LogP contribution in [-0.2, 0) is 16.0 Å². The SMILES string of the molecule is CCOc1ccc(Oc2ccccc2OCCCOc2ccc(C[C@H](OC)C(=O)O)cc2)cc1. The Morgan fingerprint density at radius 1 is 0.794 bits per heavy atom. The van der Waals surface area contributed by atoms with Crippen molar-refractivity contribution in [1.29, 1.82) is 0 Å². The maximum absolute atomic E-state index is 11.1. The van der Waals surface area contributed by atoms with Crippen LogP contribution in [0, 0.1) is 0 Å². The Balaban J connectivity index is 1.43. The van der Waals surface area contributed by atoms with Gasteiger partial charge in [0.2, 0.25) is 0 Å². The van der Waals surface area contributed by atoms with Gasteiger partial charge in [-0.2, -0.15) is 0 Å². The maximum atomic E-state index is 11.1. The molecule has 3 aromatic carbocycles. The molecule has 0 fully saturated rings. The van der Waals surface area contributed by atoms with E-state index in [-0.39, 0.29) is 0 Å². The predicted octanol–water partition coefficient (Wildman–Crippen LogP) is 5.37. The Morgan fingerprint density at radius 3 is 2.03 bits per heavy atom. The van der Waals surface area contributed by atoms with Crippen LogP contribution in [-0.4, -0.2) is 44.1 Å². The van der Waals surface area contributed by atoms with Crippen LogP contribution < -0.4 is 18.9 Å². The van der Waals surface area contributed by atoms with Gasteiger partial charge in [-0.3, -0.25) is 0 Å². The Morgan fingerprint density at radius 2 is 1.38 bits per heavy atom. The smallest absolute Gasteiger partial charge is 0.333 e. The largest absolute Gasteiger partial charge is 0.494 e. The second kappa shape index (κ2) is 13.1. The number of hydrogen-bond donors (Lipinski definition) is 1. The summed E-state index contributed by atoms with van der Waals surface area (Å²) >= 11 is 0. The molecule has 7 nitrogen and oxygen atoms in total. The first-order valence-electron chi connectivity index (χ1n) is 11.2. The molecule has 34 heavy (non-hydrogen) atoms. The number of carbonyl (C=O) groups is 1. The molecule has 0 aromatic heterocycles. The normalized spacial score (nSPS) is 11.5. The first-order valence-corrected chi connectivity index (χ1v) is 11.2. The van der Waals surface area contributed by atoms with Crippen molar-refractivity contribution in [3.8, 4) is 28.7 Å². The summed E-state index contributed by atoms with van der Waals surface area (Å²) in [5.41, 5.74) is 0.870.